The minimum atomic E-state index is -0.123. The third-order valence-electron chi connectivity index (χ3n) is 5.21. The van der Waals surface area contributed by atoms with E-state index in [-0.39, 0.29) is 5.91 Å². The molecule has 0 saturated heterocycles. The van der Waals surface area contributed by atoms with Crippen molar-refractivity contribution in [3.05, 3.63) is 59.9 Å². The largest absolute Gasteiger partial charge is 0.497 e. The SMILES string of the molecule is CCCCCCCCn1c(CNC(=O)c2cccc(OC)c2)nc2ccccc21. The number of unbranched alkanes of at least 4 members (excludes halogenated alkanes) is 5. The Morgan fingerprint density at radius 2 is 1.83 bits per heavy atom. The minimum Gasteiger partial charge on any atom is -0.497 e. The molecule has 1 amide bonds. The molecule has 0 unspecified atom stereocenters. The van der Waals surface area contributed by atoms with Crippen LogP contribution < -0.4 is 10.1 Å². The molecule has 1 aromatic heterocycles. The molecule has 0 atom stereocenters. The smallest absolute Gasteiger partial charge is 0.251 e. The zero-order valence-corrected chi connectivity index (χ0v) is 17.5. The number of aromatic nitrogens is 2. The van der Waals surface area contributed by atoms with Crippen LogP contribution in [0.1, 0.15) is 61.6 Å². The molecule has 0 radical (unpaired) electrons. The highest BCUT2D eigenvalue weighted by Crippen LogP contribution is 2.18. The van der Waals surface area contributed by atoms with Crippen LogP contribution in [-0.2, 0) is 13.1 Å². The van der Waals surface area contributed by atoms with E-state index < -0.39 is 0 Å². The fraction of sp³-hybridized carbons (Fsp3) is 0.417. The van der Waals surface area contributed by atoms with E-state index in [0.29, 0.717) is 17.9 Å². The number of rotatable bonds is 11. The van der Waals surface area contributed by atoms with Crippen molar-refractivity contribution in [2.24, 2.45) is 0 Å². The predicted octanol–water partition coefficient (Wildman–Crippen LogP) is 5.34. The van der Waals surface area contributed by atoms with Crippen LogP contribution in [0.2, 0.25) is 0 Å². The van der Waals surface area contributed by atoms with Gasteiger partial charge in [-0.25, -0.2) is 4.98 Å². The predicted molar refractivity (Wildman–Crippen MR) is 117 cm³/mol. The first kappa shape index (κ1) is 20.9. The number of fused-ring (bicyclic) bond motifs is 1. The van der Waals surface area contributed by atoms with Gasteiger partial charge in [0, 0.05) is 12.1 Å². The molecule has 0 aliphatic heterocycles. The minimum absolute atomic E-state index is 0.123. The zero-order chi connectivity index (χ0) is 20.5. The first-order valence-electron chi connectivity index (χ1n) is 10.6. The number of methoxy groups -OCH3 is 1. The maximum atomic E-state index is 12.6. The lowest BCUT2D eigenvalue weighted by molar-refractivity contribution is 0.0949. The molecule has 3 aromatic rings. The Balaban J connectivity index is 1.67. The van der Waals surface area contributed by atoms with Crippen molar-refractivity contribution in [1.29, 1.82) is 0 Å². The summed E-state index contributed by atoms with van der Waals surface area (Å²) in [5.74, 6) is 1.45. The quantitative estimate of drug-likeness (QED) is 0.448. The Bertz CT molecular complexity index is 933. The Morgan fingerprint density at radius 1 is 1.03 bits per heavy atom. The van der Waals surface area contributed by atoms with Gasteiger partial charge in [-0.05, 0) is 36.8 Å². The molecule has 0 aliphatic carbocycles. The van der Waals surface area contributed by atoms with Crippen LogP contribution in [0.4, 0.5) is 0 Å². The van der Waals surface area contributed by atoms with Gasteiger partial charge in [-0.15, -0.1) is 0 Å². The highest BCUT2D eigenvalue weighted by Gasteiger charge is 2.12. The van der Waals surface area contributed by atoms with Gasteiger partial charge in [-0.3, -0.25) is 4.79 Å². The maximum absolute atomic E-state index is 12.6. The summed E-state index contributed by atoms with van der Waals surface area (Å²) in [5, 5.41) is 3.01. The van der Waals surface area contributed by atoms with Gasteiger partial charge in [-0.1, -0.05) is 57.2 Å². The van der Waals surface area contributed by atoms with Crippen LogP contribution in [0.25, 0.3) is 11.0 Å². The van der Waals surface area contributed by atoms with Gasteiger partial charge in [-0.2, -0.15) is 0 Å². The molecule has 0 fully saturated rings. The third kappa shape index (κ3) is 5.59. The van der Waals surface area contributed by atoms with Gasteiger partial charge in [0.15, 0.2) is 0 Å². The van der Waals surface area contributed by atoms with Gasteiger partial charge >= 0.3 is 0 Å². The topological polar surface area (TPSA) is 56.2 Å². The van der Waals surface area contributed by atoms with E-state index in [1.54, 1.807) is 19.2 Å². The number of amides is 1. The fourth-order valence-electron chi connectivity index (χ4n) is 3.59. The average Bonchev–Trinajstić information content (AvgIpc) is 3.12. The van der Waals surface area contributed by atoms with E-state index in [9.17, 15) is 4.79 Å². The second-order valence-electron chi connectivity index (χ2n) is 7.35. The summed E-state index contributed by atoms with van der Waals surface area (Å²) in [5.41, 5.74) is 2.69. The van der Waals surface area contributed by atoms with Crippen LogP contribution in [0.5, 0.6) is 5.75 Å². The Hall–Kier alpha value is -2.82. The molecule has 0 bridgehead atoms. The van der Waals surface area contributed by atoms with Gasteiger partial charge in [0.05, 0.1) is 24.7 Å². The first-order valence-corrected chi connectivity index (χ1v) is 10.6. The van der Waals surface area contributed by atoms with E-state index >= 15 is 0 Å². The highest BCUT2D eigenvalue weighted by molar-refractivity contribution is 5.94. The average molecular weight is 394 g/mol. The van der Waals surface area contributed by atoms with E-state index in [4.69, 9.17) is 9.72 Å². The van der Waals surface area contributed by atoms with Crippen molar-refractivity contribution in [1.82, 2.24) is 14.9 Å². The number of aryl methyl sites for hydroxylation is 1. The van der Waals surface area contributed by atoms with E-state index in [0.717, 1.165) is 29.8 Å². The molecule has 2 aromatic carbocycles. The van der Waals surface area contributed by atoms with Crippen LogP contribution in [0.15, 0.2) is 48.5 Å². The van der Waals surface area contributed by atoms with Gasteiger partial charge in [0.25, 0.3) is 5.91 Å². The summed E-state index contributed by atoms with van der Waals surface area (Å²) >= 11 is 0. The fourth-order valence-corrected chi connectivity index (χ4v) is 3.59. The van der Waals surface area contributed by atoms with Crippen molar-refractivity contribution >= 4 is 16.9 Å². The number of nitrogens with one attached hydrogen (secondary N) is 1. The van der Waals surface area contributed by atoms with Crippen molar-refractivity contribution in [2.45, 2.75) is 58.5 Å². The summed E-state index contributed by atoms with van der Waals surface area (Å²) in [7, 11) is 1.60. The van der Waals surface area contributed by atoms with E-state index in [1.165, 1.54) is 32.1 Å². The number of ether oxygens (including phenoxy) is 1. The molecular weight excluding hydrogens is 362 g/mol. The standard InChI is InChI=1S/C24H31N3O2/c1-3-4-5-6-7-10-16-27-22-15-9-8-14-21(22)26-23(27)18-25-24(28)19-12-11-13-20(17-19)29-2/h8-9,11-15,17H,3-7,10,16,18H2,1-2H3,(H,25,28). The summed E-state index contributed by atoms with van der Waals surface area (Å²) in [6.07, 6.45) is 7.52. The van der Waals surface area contributed by atoms with Crippen LogP contribution in [0.3, 0.4) is 0 Å². The molecule has 1 heterocycles. The van der Waals surface area contributed by atoms with Crippen molar-refractivity contribution in [3.8, 4) is 5.75 Å². The molecule has 3 rings (SSSR count). The van der Waals surface area contributed by atoms with Crippen molar-refractivity contribution in [2.75, 3.05) is 7.11 Å². The molecule has 0 saturated carbocycles. The number of nitrogens with zero attached hydrogens (tertiary/aromatic N) is 2. The number of carbonyl (C=O) groups excluding carboxylic acids is 1. The lowest BCUT2D eigenvalue weighted by atomic mass is 10.1. The first-order chi connectivity index (χ1) is 14.2. The number of imidazole rings is 1. The number of carbonyl (C=O) groups is 1. The van der Waals surface area contributed by atoms with Gasteiger partial charge in [0.2, 0.25) is 0 Å². The van der Waals surface area contributed by atoms with Crippen LogP contribution >= 0.6 is 0 Å². The number of hydrogen-bond donors (Lipinski definition) is 1. The molecular formula is C24H31N3O2. The van der Waals surface area contributed by atoms with Crippen LogP contribution in [-0.4, -0.2) is 22.6 Å². The van der Waals surface area contributed by atoms with Crippen molar-refractivity contribution < 1.29 is 9.53 Å². The summed E-state index contributed by atoms with van der Waals surface area (Å²) in [4.78, 5) is 17.3. The third-order valence-corrected chi connectivity index (χ3v) is 5.21. The molecule has 5 heteroatoms. The molecule has 1 N–H and O–H groups in total. The second-order valence-corrected chi connectivity index (χ2v) is 7.35. The van der Waals surface area contributed by atoms with Gasteiger partial charge < -0.3 is 14.6 Å². The van der Waals surface area contributed by atoms with Crippen molar-refractivity contribution in [3.63, 3.8) is 0 Å². The highest BCUT2D eigenvalue weighted by atomic mass is 16.5. The summed E-state index contributed by atoms with van der Waals surface area (Å²) in [6, 6.07) is 15.4. The Morgan fingerprint density at radius 3 is 2.66 bits per heavy atom. The molecule has 0 aliphatic rings. The van der Waals surface area contributed by atoms with E-state index in [2.05, 4.69) is 22.9 Å². The normalized spacial score (nSPS) is 11.0. The lowest BCUT2D eigenvalue weighted by Gasteiger charge is -2.11. The zero-order valence-electron chi connectivity index (χ0n) is 17.5. The summed E-state index contributed by atoms with van der Waals surface area (Å²) < 4.78 is 7.46. The Labute approximate surface area is 173 Å². The molecule has 5 nitrogen and oxygen atoms in total. The van der Waals surface area contributed by atoms with Crippen LogP contribution in [0, 0.1) is 0 Å². The maximum Gasteiger partial charge on any atom is 0.251 e. The van der Waals surface area contributed by atoms with Gasteiger partial charge in [0.1, 0.15) is 11.6 Å². The lowest BCUT2D eigenvalue weighted by Crippen LogP contribution is -2.24. The van der Waals surface area contributed by atoms with E-state index in [1.807, 2.05) is 30.3 Å². The molecule has 154 valence electrons. The number of hydrogen-bond acceptors (Lipinski definition) is 3. The number of para-hydroxylation sites is 2. The second kappa shape index (κ2) is 10.6. The summed E-state index contributed by atoms with van der Waals surface area (Å²) in [6.45, 7) is 3.57. The monoisotopic (exact) mass is 393 g/mol. The molecule has 29 heavy (non-hydrogen) atoms. The molecule has 0 spiro atoms. The number of benzene rings is 2. The Kier molecular flexibility index (Phi) is 7.68.